The highest BCUT2D eigenvalue weighted by molar-refractivity contribution is 7.90. The summed E-state index contributed by atoms with van der Waals surface area (Å²) in [6.45, 7) is 0. The molecule has 0 unspecified atom stereocenters. The molecule has 0 radical (unpaired) electrons. The van der Waals surface area contributed by atoms with Gasteiger partial charge >= 0.3 is 0 Å². The number of nitrogen functional groups attached to an aromatic ring is 1. The van der Waals surface area contributed by atoms with Gasteiger partial charge in [0.05, 0.1) is 15.6 Å². The van der Waals surface area contributed by atoms with Gasteiger partial charge in [0.1, 0.15) is 5.82 Å². The summed E-state index contributed by atoms with van der Waals surface area (Å²) in [7, 11) is -3.84. The Kier molecular flexibility index (Phi) is 3.90. The van der Waals surface area contributed by atoms with Crippen molar-refractivity contribution in [3.63, 3.8) is 0 Å². The van der Waals surface area contributed by atoms with E-state index in [1.54, 1.807) is 0 Å². The van der Waals surface area contributed by atoms with Crippen molar-refractivity contribution in [3.05, 3.63) is 64.0 Å². The molecule has 0 amide bonds. The lowest BCUT2D eigenvalue weighted by Crippen LogP contribution is -2.06. The van der Waals surface area contributed by atoms with Crippen molar-refractivity contribution >= 4 is 21.2 Å². The Morgan fingerprint density at radius 1 is 1.19 bits per heavy atom. The fraction of sp³-hybridized carbons (Fsp3) is 0.0769. The van der Waals surface area contributed by atoms with Crippen LogP contribution in [0.1, 0.15) is 5.56 Å². The van der Waals surface area contributed by atoms with Crippen LogP contribution < -0.4 is 5.73 Å². The molecule has 6 nitrogen and oxygen atoms in total. The third kappa shape index (κ3) is 3.54. The molecule has 0 bridgehead atoms. The van der Waals surface area contributed by atoms with Crippen molar-refractivity contribution in [1.82, 2.24) is 0 Å². The molecule has 2 aromatic rings. The maximum Gasteiger partial charge on any atom is 0.269 e. The highest BCUT2D eigenvalue weighted by atomic mass is 32.2. The summed E-state index contributed by atoms with van der Waals surface area (Å²) >= 11 is 0. The number of hydrogen-bond acceptors (Lipinski definition) is 5. The van der Waals surface area contributed by atoms with Crippen LogP contribution in [0.2, 0.25) is 0 Å². The number of nitro benzene ring substituents is 1. The quantitative estimate of drug-likeness (QED) is 0.530. The number of nitro groups is 1. The predicted octanol–water partition coefficient (Wildman–Crippen LogP) is 2.29. The van der Waals surface area contributed by atoms with E-state index in [9.17, 15) is 22.9 Å². The van der Waals surface area contributed by atoms with Gasteiger partial charge in [0.15, 0.2) is 9.84 Å². The number of nitrogens with zero attached hydrogens (tertiary/aromatic N) is 1. The number of halogens is 1. The Bertz CT molecular complexity index is 785. The predicted molar refractivity (Wildman–Crippen MR) is 74.8 cm³/mol. The van der Waals surface area contributed by atoms with Crippen LogP contribution in [-0.4, -0.2) is 13.3 Å². The second-order valence-electron chi connectivity index (χ2n) is 4.41. The maximum atomic E-state index is 13.2. The van der Waals surface area contributed by atoms with Crippen molar-refractivity contribution in [2.75, 3.05) is 5.73 Å². The van der Waals surface area contributed by atoms with E-state index in [0.29, 0.717) is 0 Å². The van der Waals surface area contributed by atoms with Crippen LogP contribution in [0.3, 0.4) is 0 Å². The third-order valence-electron chi connectivity index (χ3n) is 2.73. The van der Waals surface area contributed by atoms with Crippen LogP contribution in [0.25, 0.3) is 0 Å². The van der Waals surface area contributed by atoms with Crippen LogP contribution in [0.15, 0.2) is 47.4 Å². The van der Waals surface area contributed by atoms with Crippen LogP contribution >= 0.6 is 0 Å². The summed E-state index contributed by atoms with van der Waals surface area (Å²) < 4.78 is 37.6. The fourth-order valence-corrected chi connectivity index (χ4v) is 3.22. The number of sulfone groups is 1. The van der Waals surface area contributed by atoms with Gasteiger partial charge in [0, 0.05) is 17.8 Å². The molecule has 0 atom stereocenters. The molecular formula is C13H11FN2O4S. The van der Waals surface area contributed by atoms with Gasteiger partial charge in [0.2, 0.25) is 0 Å². The zero-order chi connectivity index (χ0) is 15.6. The van der Waals surface area contributed by atoms with Crippen LogP contribution in [-0.2, 0) is 15.6 Å². The van der Waals surface area contributed by atoms with Crippen LogP contribution in [0.4, 0.5) is 15.8 Å². The topological polar surface area (TPSA) is 103 Å². The van der Waals surface area contributed by atoms with Crippen molar-refractivity contribution in [2.45, 2.75) is 10.6 Å². The lowest BCUT2D eigenvalue weighted by molar-refractivity contribution is -0.384. The van der Waals surface area contributed by atoms with Gasteiger partial charge in [-0.3, -0.25) is 10.1 Å². The van der Waals surface area contributed by atoms with E-state index in [2.05, 4.69) is 0 Å². The molecule has 0 fully saturated rings. The third-order valence-corrected chi connectivity index (χ3v) is 4.40. The summed E-state index contributed by atoms with van der Waals surface area (Å²) in [5, 5.41) is 10.7. The van der Waals surface area contributed by atoms with Gasteiger partial charge in [-0.1, -0.05) is 12.1 Å². The lowest BCUT2D eigenvalue weighted by atomic mass is 10.2. The molecule has 0 saturated carbocycles. The van der Waals surface area contributed by atoms with E-state index >= 15 is 0 Å². The molecule has 2 rings (SSSR count). The molecule has 0 aliphatic carbocycles. The largest absolute Gasteiger partial charge is 0.399 e. The zero-order valence-corrected chi connectivity index (χ0v) is 11.5. The first-order valence-electron chi connectivity index (χ1n) is 5.80. The molecule has 110 valence electrons. The average molecular weight is 310 g/mol. The Morgan fingerprint density at radius 3 is 2.52 bits per heavy atom. The minimum Gasteiger partial charge on any atom is -0.399 e. The molecule has 0 saturated heterocycles. The molecule has 0 aromatic heterocycles. The van der Waals surface area contributed by atoms with E-state index in [4.69, 9.17) is 5.73 Å². The molecule has 0 aliphatic rings. The summed E-state index contributed by atoms with van der Waals surface area (Å²) in [5.74, 6) is -1.23. The first kappa shape index (κ1) is 14.9. The highest BCUT2D eigenvalue weighted by Gasteiger charge is 2.18. The molecule has 21 heavy (non-hydrogen) atoms. The molecule has 0 aliphatic heterocycles. The summed E-state index contributed by atoms with van der Waals surface area (Å²) in [6, 6.07) is 8.29. The number of nitrogens with two attached hydrogens (primary N) is 1. The number of benzene rings is 2. The molecular weight excluding hydrogens is 299 g/mol. The second kappa shape index (κ2) is 5.49. The van der Waals surface area contributed by atoms with Crippen molar-refractivity contribution < 1.29 is 17.7 Å². The first-order chi connectivity index (χ1) is 9.78. The minimum absolute atomic E-state index is 0.00684. The van der Waals surface area contributed by atoms with Crippen molar-refractivity contribution in [1.29, 1.82) is 0 Å². The lowest BCUT2D eigenvalue weighted by Gasteiger charge is -2.06. The summed E-state index contributed by atoms with van der Waals surface area (Å²) in [5.41, 5.74) is 5.45. The monoisotopic (exact) mass is 310 g/mol. The average Bonchev–Trinajstić information content (AvgIpc) is 2.37. The Morgan fingerprint density at radius 2 is 1.90 bits per heavy atom. The van der Waals surface area contributed by atoms with E-state index in [1.807, 2.05) is 0 Å². The molecule has 8 heteroatoms. The van der Waals surface area contributed by atoms with Crippen molar-refractivity contribution in [3.8, 4) is 0 Å². The second-order valence-corrected chi connectivity index (χ2v) is 6.40. The van der Waals surface area contributed by atoms with Gasteiger partial charge in [-0.25, -0.2) is 12.8 Å². The number of hydrogen-bond donors (Lipinski definition) is 1. The minimum atomic E-state index is -3.84. The standard InChI is InChI=1S/C13H11FN2O4S/c14-10-5-11(15)7-13(6-10)21(19,20)8-9-2-1-3-12(4-9)16(17)18/h1-7H,8,15H2. The smallest absolute Gasteiger partial charge is 0.269 e. The first-order valence-corrected chi connectivity index (χ1v) is 7.45. The molecule has 2 N–H and O–H groups in total. The normalized spacial score (nSPS) is 11.3. The Labute approximate surface area is 120 Å². The van der Waals surface area contributed by atoms with E-state index in [1.165, 1.54) is 24.3 Å². The van der Waals surface area contributed by atoms with E-state index in [-0.39, 0.29) is 21.8 Å². The number of anilines is 1. The Balaban J connectivity index is 2.37. The SMILES string of the molecule is Nc1cc(F)cc(S(=O)(=O)Cc2cccc([N+](=O)[O-])c2)c1. The number of non-ortho nitro benzene ring substituents is 1. The van der Waals surface area contributed by atoms with Crippen LogP contribution in [0, 0.1) is 15.9 Å². The molecule has 2 aromatic carbocycles. The van der Waals surface area contributed by atoms with Crippen molar-refractivity contribution in [2.24, 2.45) is 0 Å². The fourth-order valence-electron chi connectivity index (χ4n) is 1.83. The van der Waals surface area contributed by atoms with E-state index < -0.39 is 26.3 Å². The Hall–Kier alpha value is -2.48. The maximum absolute atomic E-state index is 13.2. The van der Waals surface area contributed by atoms with E-state index in [0.717, 1.165) is 18.2 Å². The summed E-state index contributed by atoms with van der Waals surface area (Å²) in [4.78, 5) is 9.80. The highest BCUT2D eigenvalue weighted by Crippen LogP contribution is 2.22. The molecule has 0 spiro atoms. The molecule has 0 heterocycles. The van der Waals surface area contributed by atoms with Gasteiger partial charge in [-0.05, 0) is 23.8 Å². The summed E-state index contributed by atoms with van der Waals surface area (Å²) in [6.07, 6.45) is 0. The van der Waals surface area contributed by atoms with Gasteiger partial charge in [-0.15, -0.1) is 0 Å². The van der Waals surface area contributed by atoms with Crippen LogP contribution in [0.5, 0.6) is 0 Å². The van der Waals surface area contributed by atoms with Gasteiger partial charge in [-0.2, -0.15) is 0 Å². The van der Waals surface area contributed by atoms with Gasteiger partial charge < -0.3 is 5.73 Å². The number of rotatable bonds is 4. The van der Waals surface area contributed by atoms with Gasteiger partial charge in [0.25, 0.3) is 5.69 Å². The zero-order valence-electron chi connectivity index (χ0n) is 10.7.